The fraction of sp³-hybridized carbons (Fsp3) is 0.350. The van der Waals surface area contributed by atoms with Crippen LogP contribution in [0.5, 0.6) is 0 Å². The monoisotopic (exact) mass is 416 g/mol. The van der Waals surface area contributed by atoms with Gasteiger partial charge in [-0.1, -0.05) is 30.0 Å². The lowest BCUT2D eigenvalue weighted by Gasteiger charge is -2.30. The van der Waals surface area contributed by atoms with Gasteiger partial charge in [-0.05, 0) is 38.0 Å². The molecule has 0 saturated carbocycles. The average molecular weight is 417 g/mol. The summed E-state index contributed by atoms with van der Waals surface area (Å²) < 4.78 is 7.45. The van der Waals surface area contributed by atoms with Gasteiger partial charge in [-0.3, -0.25) is 14.2 Å². The number of hydrogen-bond acceptors (Lipinski definition) is 6. The number of benzene rings is 1. The van der Waals surface area contributed by atoms with E-state index in [1.807, 2.05) is 45.0 Å². The summed E-state index contributed by atoms with van der Waals surface area (Å²) in [5.74, 6) is -1.11. The lowest BCUT2D eigenvalue weighted by atomic mass is 9.94. The SMILES string of the molecule is Cc1ccccc1-n1c(SCC(=O)O)nc2sc3c(c2c1=O)CC(C)(C)OC3. The molecular weight excluding hydrogens is 396 g/mol. The van der Waals surface area contributed by atoms with Crippen LogP contribution in [0.25, 0.3) is 15.9 Å². The van der Waals surface area contributed by atoms with Crippen molar-refractivity contribution in [3.8, 4) is 5.69 Å². The topological polar surface area (TPSA) is 81.4 Å². The molecule has 0 saturated heterocycles. The zero-order valence-electron chi connectivity index (χ0n) is 15.8. The lowest BCUT2D eigenvalue weighted by Crippen LogP contribution is -2.32. The smallest absolute Gasteiger partial charge is 0.313 e. The number of aliphatic carboxylic acids is 1. The van der Waals surface area contributed by atoms with E-state index in [9.17, 15) is 9.59 Å². The second-order valence-electron chi connectivity index (χ2n) is 7.41. The highest BCUT2D eigenvalue weighted by atomic mass is 32.2. The van der Waals surface area contributed by atoms with Crippen LogP contribution in [0.4, 0.5) is 0 Å². The van der Waals surface area contributed by atoms with Gasteiger partial charge < -0.3 is 9.84 Å². The number of thioether (sulfide) groups is 1. The number of carboxylic acids is 1. The van der Waals surface area contributed by atoms with E-state index in [4.69, 9.17) is 14.8 Å². The highest BCUT2D eigenvalue weighted by molar-refractivity contribution is 7.99. The molecule has 28 heavy (non-hydrogen) atoms. The van der Waals surface area contributed by atoms with Gasteiger partial charge in [0.15, 0.2) is 5.16 Å². The van der Waals surface area contributed by atoms with E-state index in [0.29, 0.717) is 28.4 Å². The third-order valence-corrected chi connectivity index (χ3v) is 6.78. The molecule has 1 aliphatic heterocycles. The number of carboxylic acid groups (broad SMARTS) is 1. The number of fused-ring (bicyclic) bond motifs is 3. The minimum Gasteiger partial charge on any atom is -0.481 e. The van der Waals surface area contributed by atoms with E-state index in [0.717, 1.165) is 33.5 Å². The maximum atomic E-state index is 13.6. The van der Waals surface area contributed by atoms with Crippen LogP contribution in [0.1, 0.15) is 29.9 Å². The van der Waals surface area contributed by atoms with Crippen molar-refractivity contribution in [1.29, 1.82) is 0 Å². The quantitative estimate of drug-likeness (QED) is 0.515. The fourth-order valence-electron chi connectivity index (χ4n) is 3.42. The van der Waals surface area contributed by atoms with Gasteiger partial charge in [-0.15, -0.1) is 11.3 Å². The Balaban J connectivity index is 2.00. The van der Waals surface area contributed by atoms with Crippen LogP contribution in [0.2, 0.25) is 0 Å². The van der Waals surface area contributed by atoms with Crippen LogP contribution < -0.4 is 5.56 Å². The molecule has 0 amide bonds. The first kappa shape index (κ1) is 19.2. The summed E-state index contributed by atoms with van der Waals surface area (Å²) in [6.07, 6.45) is 0.647. The molecule has 3 heterocycles. The molecule has 0 atom stereocenters. The third kappa shape index (κ3) is 3.36. The summed E-state index contributed by atoms with van der Waals surface area (Å²) in [4.78, 5) is 31.1. The van der Waals surface area contributed by atoms with Crippen LogP contribution in [0, 0.1) is 6.92 Å². The van der Waals surface area contributed by atoms with Crippen molar-refractivity contribution in [1.82, 2.24) is 9.55 Å². The van der Waals surface area contributed by atoms with Gasteiger partial charge in [0.1, 0.15) is 4.83 Å². The molecule has 0 bridgehead atoms. The Labute approximate surface area is 170 Å². The van der Waals surface area contributed by atoms with Crippen LogP contribution in [-0.4, -0.2) is 32.0 Å². The van der Waals surface area contributed by atoms with Gasteiger partial charge in [0.05, 0.1) is 29.0 Å². The largest absolute Gasteiger partial charge is 0.481 e. The molecule has 8 heteroatoms. The second kappa shape index (κ2) is 7.02. The van der Waals surface area contributed by atoms with Crippen molar-refractivity contribution in [2.24, 2.45) is 0 Å². The van der Waals surface area contributed by atoms with Crippen molar-refractivity contribution in [3.05, 3.63) is 50.6 Å². The lowest BCUT2D eigenvalue weighted by molar-refractivity contribution is -0.133. The average Bonchev–Trinajstić information content (AvgIpc) is 2.97. The van der Waals surface area contributed by atoms with Crippen molar-refractivity contribution >= 4 is 39.3 Å². The van der Waals surface area contributed by atoms with Gasteiger partial charge in [-0.25, -0.2) is 4.98 Å². The summed E-state index contributed by atoms with van der Waals surface area (Å²) in [5, 5.41) is 10.1. The molecule has 1 aromatic carbocycles. The molecule has 2 aromatic heterocycles. The van der Waals surface area contributed by atoms with Crippen LogP contribution in [0.3, 0.4) is 0 Å². The maximum absolute atomic E-state index is 13.6. The van der Waals surface area contributed by atoms with Crippen LogP contribution in [0.15, 0.2) is 34.2 Å². The highest BCUT2D eigenvalue weighted by Crippen LogP contribution is 2.38. The first-order valence-corrected chi connectivity index (χ1v) is 10.7. The van der Waals surface area contributed by atoms with E-state index in [1.165, 1.54) is 11.3 Å². The number of carbonyl (C=O) groups is 1. The molecule has 1 N–H and O–H groups in total. The summed E-state index contributed by atoms with van der Waals surface area (Å²) in [7, 11) is 0. The van der Waals surface area contributed by atoms with Crippen molar-refractivity contribution in [2.75, 3.05) is 5.75 Å². The molecule has 0 aliphatic carbocycles. The minimum atomic E-state index is -0.948. The maximum Gasteiger partial charge on any atom is 0.313 e. The normalized spacial score (nSPS) is 15.5. The van der Waals surface area contributed by atoms with Gasteiger partial charge in [0.2, 0.25) is 0 Å². The molecule has 0 fully saturated rings. The summed E-state index contributed by atoms with van der Waals surface area (Å²) in [5.41, 5.74) is 2.17. The Morgan fingerprint density at radius 2 is 2.14 bits per heavy atom. The standard InChI is InChI=1S/C20H20N2O4S2/c1-11-6-4-5-7-13(11)22-18(25)16-12-8-20(2,3)26-9-14(12)28-17(16)21-19(22)27-10-15(23)24/h4-7H,8-10H2,1-3H3,(H,23,24). The number of ether oxygens (including phenoxy) is 1. The van der Waals surface area contributed by atoms with E-state index < -0.39 is 5.97 Å². The molecule has 3 aromatic rings. The molecule has 0 radical (unpaired) electrons. The Hall–Kier alpha value is -2.16. The third-order valence-electron chi connectivity index (χ3n) is 4.76. The molecule has 1 aliphatic rings. The van der Waals surface area contributed by atoms with Gasteiger partial charge in [0, 0.05) is 11.3 Å². The van der Waals surface area contributed by atoms with Crippen molar-refractivity contribution in [2.45, 2.75) is 44.6 Å². The van der Waals surface area contributed by atoms with Crippen molar-refractivity contribution in [3.63, 3.8) is 0 Å². The molecule has 0 spiro atoms. The Morgan fingerprint density at radius 3 is 2.86 bits per heavy atom. The summed E-state index contributed by atoms with van der Waals surface area (Å²) in [6.45, 7) is 6.43. The van der Waals surface area contributed by atoms with E-state index in [2.05, 4.69) is 0 Å². The number of thiophene rings is 1. The minimum absolute atomic E-state index is 0.151. The Bertz CT molecular complexity index is 1150. The Kier molecular flexibility index (Phi) is 4.81. The molecular formula is C20H20N2O4S2. The summed E-state index contributed by atoms with van der Waals surface area (Å²) >= 11 is 2.52. The first-order valence-electron chi connectivity index (χ1n) is 8.89. The fourth-order valence-corrected chi connectivity index (χ4v) is 5.29. The van der Waals surface area contributed by atoms with E-state index in [1.54, 1.807) is 4.57 Å². The number of hydrogen-bond donors (Lipinski definition) is 1. The van der Waals surface area contributed by atoms with Gasteiger partial charge >= 0.3 is 5.97 Å². The number of rotatable bonds is 4. The zero-order chi connectivity index (χ0) is 20.1. The van der Waals surface area contributed by atoms with Gasteiger partial charge in [0.25, 0.3) is 5.56 Å². The van der Waals surface area contributed by atoms with E-state index in [-0.39, 0.29) is 16.9 Å². The first-order chi connectivity index (χ1) is 13.3. The molecule has 6 nitrogen and oxygen atoms in total. The van der Waals surface area contributed by atoms with Gasteiger partial charge in [-0.2, -0.15) is 0 Å². The number of aryl methyl sites for hydroxylation is 1. The highest BCUT2D eigenvalue weighted by Gasteiger charge is 2.31. The molecule has 146 valence electrons. The number of para-hydroxylation sites is 1. The summed E-state index contributed by atoms with van der Waals surface area (Å²) in [6, 6.07) is 7.56. The van der Waals surface area contributed by atoms with E-state index >= 15 is 0 Å². The Morgan fingerprint density at radius 1 is 1.39 bits per heavy atom. The predicted molar refractivity (Wildman–Crippen MR) is 111 cm³/mol. The van der Waals surface area contributed by atoms with Crippen LogP contribution >= 0.6 is 23.1 Å². The second-order valence-corrected chi connectivity index (χ2v) is 9.44. The molecule has 0 unspecified atom stereocenters. The van der Waals surface area contributed by atoms with Crippen LogP contribution in [-0.2, 0) is 22.6 Å². The zero-order valence-corrected chi connectivity index (χ0v) is 17.4. The molecule has 4 rings (SSSR count). The number of nitrogens with zero attached hydrogens (tertiary/aromatic N) is 2. The number of aromatic nitrogens is 2. The predicted octanol–water partition coefficient (Wildman–Crippen LogP) is 3.78. The van der Waals surface area contributed by atoms with Crippen molar-refractivity contribution < 1.29 is 14.6 Å².